The summed E-state index contributed by atoms with van der Waals surface area (Å²) in [6, 6.07) is 10.5. The summed E-state index contributed by atoms with van der Waals surface area (Å²) in [5, 5.41) is 13.9. The van der Waals surface area contributed by atoms with Gasteiger partial charge in [0.1, 0.15) is 11.6 Å². The smallest absolute Gasteiger partial charge is 0.224 e. The van der Waals surface area contributed by atoms with Gasteiger partial charge < -0.3 is 15.0 Å². The number of nitrogens with zero attached hydrogens (tertiary/aromatic N) is 2. The molecule has 1 amide bonds. The predicted octanol–water partition coefficient (Wildman–Crippen LogP) is 4.37. The van der Waals surface area contributed by atoms with E-state index in [0.29, 0.717) is 15.6 Å². The Morgan fingerprint density at radius 3 is 2.82 bits per heavy atom. The van der Waals surface area contributed by atoms with Gasteiger partial charge in [0, 0.05) is 36.8 Å². The van der Waals surface area contributed by atoms with Crippen molar-refractivity contribution in [3.63, 3.8) is 0 Å². The van der Waals surface area contributed by atoms with Gasteiger partial charge in [0.2, 0.25) is 5.91 Å². The van der Waals surface area contributed by atoms with Crippen molar-refractivity contribution in [2.24, 2.45) is 0 Å². The Bertz CT molecular complexity index is 1020. The normalized spacial score (nSPS) is 12.8. The summed E-state index contributed by atoms with van der Waals surface area (Å²) in [5.41, 5.74) is 3.23. The fourth-order valence-electron chi connectivity index (χ4n) is 3.37. The number of nitrogens with one attached hydrogen (secondary N) is 1. The van der Waals surface area contributed by atoms with Crippen LogP contribution in [0.25, 0.3) is 11.3 Å². The largest absolute Gasteiger partial charge is 0.508 e. The molecule has 0 atom stereocenters. The predicted molar refractivity (Wildman–Crippen MR) is 110 cm³/mol. The van der Waals surface area contributed by atoms with Crippen molar-refractivity contribution < 1.29 is 9.90 Å². The Labute approximate surface area is 172 Å². The van der Waals surface area contributed by atoms with Crippen molar-refractivity contribution in [2.45, 2.75) is 32.4 Å². The van der Waals surface area contributed by atoms with Gasteiger partial charge in [0.05, 0.1) is 22.2 Å². The SMILES string of the molecule is O=C(Cc1ccc(Cl)c(Cl)c1)NCc1cc(-c2cn3c(n2)CCC3)ccc1O. The quantitative estimate of drug-likeness (QED) is 0.649. The molecule has 2 N–H and O–H groups in total. The van der Waals surface area contributed by atoms with Gasteiger partial charge in [-0.1, -0.05) is 29.3 Å². The molecule has 1 aromatic heterocycles. The third-order valence-electron chi connectivity index (χ3n) is 4.86. The number of halogens is 2. The lowest BCUT2D eigenvalue weighted by molar-refractivity contribution is -0.120. The average molecular weight is 416 g/mol. The van der Waals surface area contributed by atoms with E-state index in [9.17, 15) is 9.90 Å². The maximum Gasteiger partial charge on any atom is 0.224 e. The van der Waals surface area contributed by atoms with Crippen LogP contribution in [0.2, 0.25) is 10.0 Å². The highest BCUT2D eigenvalue weighted by Crippen LogP contribution is 2.27. The number of hydrogen-bond donors (Lipinski definition) is 2. The van der Waals surface area contributed by atoms with Crippen LogP contribution >= 0.6 is 23.2 Å². The lowest BCUT2D eigenvalue weighted by Crippen LogP contribution is -2.24. The first-order chi connectivity index (χ1) is 13.5. The molecule has 0 fully saturated rings. The van der Waals surface area contributed by atoms with Gasteiger partial charge >= 0.3 is 0 Å². The zero-order chi connectivity index (χ0) is 19.7. The van der Waals surface area contributed by atoms with Gasteiger partial charge in [-0.15, -0.1) is 0 Å². The highest BCUT2D eigenvalue weighted by molar-refractivity contribution is 6.42. The van der Waals surface area contributed by atoms with Gasteiger partial charge in [-0.05, 0) is 42.3 Å². The van der Waals surface area contributed by atoms with Gasteiger partial charge in [-0.3, -0.25) is 4.79 Å². The minimum absolute atomic E-state index is 0.144. The Kier molecular flexibility index (Phi) is 5.29. The number of hydrogen-bond acceptors (Lipinski definition) is 3. The number of amides is 1. The number of carbonyl (C=O) groups excluding carboxylic acids is 1. The standard InChI is InChI=1S/C21H19Cl2N3O2/c22-16-5-3-13(8-17(16)23)9-21(28)24-11-15-10-14(4-6-19(15)27)18-12-26-7-1-2-20(26)25-18/h3-6,8,10,12,27H,1-2,7,9,11H2,(H,24,28). The maximum absolute atomic E-state index is 12.3. The molecule has 0 unspecified atom stereocenters. The molecule has 0 saturated carbocycles. The summed E-state index contributed by atoms with van der Waals surface area (Å²) in [5.74, 6) is 1.08. The van der Waals surface area contributed by atoms with Crippen LogP contribution in [0.1, 0.15) is 23.4 Å². The van der Waals surface area contributed by atoms with Crippen molar-refractivity contribution in [1.29, 1.82) is 0 Å². The van der Waals surface area contributed by atoms with Crippen molar-refractivity contribution in [1.82, 2.24) is 14.9 Å². The molecule has 3 aromatic rings. The summed E-state index contributed by atoms with van der Waals surface area (Å²) in [6.07, 6.45) is 4.36. The molecule has 0 spiro atoms. The Hall–Kier alpha value is -2.50. The molecule has 144 valence electrons. The van der Waals surface area contributed by atoms with E-state index in [0.717, 1.165) is 42.0 Å². The number of benzene rings is 2. The highest BCUT2D eigenvalue weighted by Gasteiger charge is 2.15. The molecule has 0 aliphatic carbocycles. The number of aromatic nitrogens is 2. The van der Waals surface area contributed by atoms with E-state index in [2.05, 4.69) is 14.9 Å². The zero-order valence-electron chi connectivity index (χ0n) is 15.1. The number of imidazole rings is 1. The number of phenols is 1. The molecule has 28 heavy (non-hydrogen) atoms. The highest BCUT2D eigenvalue weighted by atomic mass is 35.5. The van der Waals surface area contributed by atoms with Crippen molar-refractivity contribution >= 4 is 29.1 Å². The van der Waals surface area contributed by atoms with E-state index >= 15 is 0 Å². The molecule has 1 aliphatic heterocycles. The van der Waals surface area contributed by atoms with Crippen LogP contribution in [-0.4, -0.2) is 20.6 Å². The minimum atomic E-state index is -0.163. The molecule has 4 rings (SSSR count). The number of rotatable bonds is 5. The van der Waals surface area contributed by atoms with Crippen LogP contribution in [-0.2, 0) is 30.7 Å². The van der Waals surface area contributed by atoms with Crippen molar-refractivity contribution in [2.75, 3.05) is 0 Å². The molecule has 0 radical (unpaired) electrons. The summed E-state index contributed by atoms with van der Waals surface area (Å²) in [6.45, 7) is 1.23. The summed E-state index contributed by atoms with van der Waals surface area (Å²) < 4.78 is 2.17. The average Bonchev–Trinajstić information content (AvgIpc) is 3.26. The van der Waals surface area contributed by atoms with Gasteiger partial charge in [0.25, 0.3) is 0 Å². The molecular formula is C21H19Cl2N3O2. The molecule has 2 aromatic carbocycles. The maximum atomic E-state index is 12.3. The first-order valence-corrected chi connectivity index (χ1v) is 9.84. The van der Waals surface area contributed by atoms with Crippen LogP contribution in [0.15, 0.2) is 42.6 Å². The Morgan fingerprint density at radius 2 is 2.04 bits per heavy atom. The molecule has 1 aliphatic rings. The second-order valence-corrected chi connectivity index (χ2v) is 7.70. The molecule has 7 heteroatoms. The number of phenolic OH excluding ortho intramolecular Hbond substituents is 1. The minimum Gasteiger partial charge on any atom is -0.508 e. The molecule has 0 saturated heterocycles. The third kappa shape index (κ3) is 4.01. The van der Waals surface area contributed by atoms with Crippen LogP contribution in [0.5, 0.6) is 5.75 Å². The Balaban J connectivity index is 1.43. The summed E-state index contributed by atoms with van der Waals surface area (Å²) >= 11 is 11.9. The van der Waals surface area contributed by atoms with Crippen molar-refractivity contribution in [3.05, 3.63) is 69.6 Å². The lowest BCUT2D eigenvalue weighted by Gasteiger charge is -2.09. The first kappa shape index (κ1) is 18.8. The van der Waals surface area contributed by atoms with Gasteiger partial charge in [0.15, 0.2) is 0 Å². The van der Waals surface area contributed by atoms with E-state index in [4.69, 9.17) is 23.2 Å². The molecule has 2 heterocycles. The van der Waals surface area contributed by atoms with E-state index in [1.165, 1.54) is 0 Å². The molecule has 5 nitrogen and oxygen atoms in total. The van der Waals surface area contributed by atoms with Gasteiger partial charge in [-0.25, -0.2) is 4.98 Å². The fraction of sp³-hybridized carbons (Fsp3) is 0.238. The van der Waals surface area contributed by atoms with E-state index in [1.807, 2.05) is 18.3 Å². The van der Waals surface area contributed by atoms with Crippen LogP contribution in [0, 0.1) is 0 Å². The number of carbonyl (C=O) groups is 1. The summed E-state index contributed by atoms with van der Waals surface area (Å²) in [7, 11) is 0. The molecule has 0 bridgehead atoms. The zero-order valence-corrected chi connectivity index (χ0v) is 16.6. The topological polar surface area (TPSA) is 67.2 Å². The summed E-state index contributed by atoms with van der Waals surface area (Å²) in [4.78, 5) is 16.9. The third-order valence-corrected chi connectivity index (χ3v) is 5.60. The monoisotopic (exact) mass is 415 g/mol. The Morgan fingerprint density at radius 1 is 1.18 bits per heavy atom. The first-order valence-electron chi connectivity index (χ1n) is 9.08. The lowest BCUT2D eigenvalue weighted by atomic mass is 10.1. The number of fused-ring (bicyclic) bond motifs is 1. The number of aromatic hydroxyl groups is 1. The van der Waals surface area contributed by atoms with E-state index in [-0.39, 0.29) is 24.6 Å². The van der Waals surface area contributed by atoms with Crippen LogP contribution < -0.4 is 5.32 Å². The van der Waals surface area contributed by atoms with Crippen LogP contribution in [0.4, 0.5) is 0 Å². The van der Waals surface area contributed by atoms with Gasteiger partial charge in [-0.2, -0.15) is 0 Å². The fourth-order valence-corrected chi connectivity index (χ4v) is 3.69. The van der Waals surface area contributed by atoms with Crippen molar-refractivity contribution in [3.8, 4) is 17.0 Å². The van der Waals surface area contributed by atoms with E-state index < -0.39 is 0 Å². The second kappa shape index (κ2) is 7.86. The molecular weight excluding hydrogens is 397 g/mol. The number of aryl methyl sites for hydroxylation is 2. The van der Waals surface area contributed by atoms with E-state index in [1.54, 1.807) is 24.3 Å². The second-order valence-electron chi connectivity index (χ2n) is 6.88. The van der Waals surface area contributed by atoms with Crippen LogP contribution in [0.3, 0.4) is 0 Å².